The summed E-state index contributed by atoms with van der Waals surface area (Å²) < 4.78 is 20.3. The zero-order chi connectivity index (χ0) is 30.1. The second-order valence-corrected chi connectivity index (χ2v) is 9.44. The van der Waals surface area contributed by atoms with Gasteiger partial charge in [-0.15, -0.1) is 0 Å². The van der Waals surface area contributed by atoms with E-state index in [0.717, 1.165) is 17.6 Å². The number of aromatic nitrogens is 3. The van der Waals surface area contributed by atoms with E-state index in [1.165, 1.54) is 12.1 Å². The number of carbonyl (C=O) groups excluding carboxylic acids is 1. The number of nitrogens with zero attached hydrogens (tertiary/aromatic N) is 4. The van der Waals surface area contributed by atoms with Crippen LogP contribution < -0.4 is 16.2 Å². The van der Waals surface area contributed by atoms with Gasteiger partial charge in [-0.1, -0.05) is 18.2 Å². The number of hydrogen-bond acceptors (Lipinski definition) is 10. The number of para-hydroxylation sites is 1. The van der Waals surface area contributed by atoms with Gasteiger partial charge in [0, 0.05) is 49.8 Å². The van der Waals surface area contributed by atoms with E-state index in [0.29, 0.717) is 24.3 Å². The average Bonchev–Trinajstić information content (AvgIpc) is 3.22. The maximum Gasteiger partial charge on any atom is 0.287 e. The number of aliphatic hydroxyl groups excluding tert-OH is 1. The molecule has 1 aliphatic rings. The second-order valence-electron chi connectivity index (χ2n) is 9.44. The van der Waals surface area contributed by atoms with E-state index in [9.17, 15) is 19.7 Å². The van der Waals surface area contributed by atoms with Crippen molar-refractivity contribution in [3.8, 4) is 5.69 Å². The number of allylic oxidation sites excluding steroid dienone is 1. The Kier molecular flexibility index (Phi) is 10.4. The van der Waals surface area contributed by atoms with Crippen LogP contribution in [-0.2, 0) is 26.1 Å². The number of ether oxygens (including phenoxy) is 3. The quantitative estimate of drug-likeness (QED) is 0.144. The smallest absolute Gasteiger partial charge is 0.287 e. The fraction of sp³-hybridized carbons (Fsp3) is 0.393. The van der Waals surface area contributed by atoms with Crippen LogP contribution in [0.25, 0.3) is 5.69 Å². The largest absolute Gasteiger partial charge is 0.459 e. The number of hydrogen-bond donors (Lipinski definition) is 3. The molecular formula is C28H34N6O8. The molecule has 2 unspecified atom stereocenters. The lowest BCUT2D eigenvalue weighted by Gasteiger charge is -2.29. The first kappa shape index (κ1) is 30.4. The molecule has 1 aromatic carbocycles. The van der Waals surface area contributed by atoms with Crippen molar-refractivity contribution in [1.29, 1.82) is 0 Å². The van der Waals surface area contributed by atoms with Gasteiger partial charge in [-0.2, -0.15) is 0 Å². The summed E-state index contributed by atoms with van der Waals surface area (Å²) in [4.78, 5) is 41.0. The minimum absolute atomic E-state index is 0.0231. The summed E-state index contributed by atoms with van der Waals surface area (Å²) in [5, 5.41) is 25.5. The Labute approximate surface area is 241 Å². The lowest BCUT2D eigenvalue weighted by Crippen LogP contribution is -2.36. The fourth-order valence-corrected chi connectivity index (χ4v) is 4.59. The van der Waals surface area contributed by atoms with Crippen molar-refractivity contribution < 1.29 is 29.0 Å². The van der Waals surface area contributed by atoms with Gasteiger partial charge in [0.25, 0.3) is 17.2 Å². The van der Waals surface area contributed by atoms with Gasteiger partial charge in [0.1, 0.15) is 12.0 Å². The molecule has 0 spiro atoms. The molecule has 42 heavy (non-hydrogen) atoms. The Morgan fingerprint density at radius 2 is 1.98 bits per heavy atom. The minimum atomic E-state index is -0.815. The van der Waals surface area contributed by atoms with Crippen LogP contribution in [0.2, 0.25) is 0 Å². The third kappa shape index (κ3) is 7.40. The van der Waals surface area contributed by atoms with Crippen molar-refractivity contribution in [3.63, 3.8) is 0 Å². The Hall–Kier alpha value is -4.53. The number of nitro groups is 1. The van der Waals surface area contributed by atoms with Crippen LogP contribution in [0.5, 0.6) is 0 Å². The van der Waals surface area contributed by atoms with Crippen molar-refractivity contribution >= 4 is 17.4 Å². The van der Waals surface area contributed by atoms with Gasteiger partial charge in [-0.05, 0) is 31.2 Å². The van der Waals surface area contributed by atoms with Crippen molar-refractivity contribution in [2.45, 2.75) is 25.6 Å². The van der Waals surface area contributed by atoms with Gasteiger partial charge < -0.3 is 30.0 Å². The molecule has 0 radical (unpaired) electrons. The molecule has 0 bridgehead atoms. The molecule has 3 aromatic rings. The SMILES string of the molecule is Cc1c(C2C=C(C(=O)NCCNc3ccc([N+](=O)[O-])cn3)OC(OCCOCCO)C2)c(=O)n(-c2ccccc2)n1C. The molecular weight excluding hydrogens is 548 g/mol. The monoisotopic (exact) mass is 582 g/mol. The number of aliphatic hydroxyl groups is 1. The van der Waals surface area contributed by atoms with Crippen LogP contribution >= 0.6 is 0 Å². The van der Waals surface area contributed by atoms with Gasteiger partial charge in [0.05, 0.1) is 37.0 Å². The highest BCUT2D eigenvalue weighted by atomic mass is 16.7. The first-order chi connectivity index (χ1) is 20.3. The van der Waals surface area contributed by atoms with Crippen LogP contribution in [0.1, 0.15) is 23.6 Å². The second kappa shape index (κ2) is 14.4. The number of amides is 1. The molecule has 0 saturated heterocycles. The van der Waals surface area contributed by atoms with E-state index in [1.807, 2.05) is 44.3 Å². The molecule has 2 aromatic heterocycles. The molecule has 2 atom stereocenters. The number of nitrogens with one attached hydrogen (secondary N) is 2. The predicted molar refractivity (Wildman–Crippen MR) is 152 cm³/mol. The third-order valence-electron chi connectivity index (χ3n) is 6.69. The summed E-state index contributed by atoms with van der Waals surface area (Å²) in [5.41, 5.74) is 1.68. The van der Waals surface area contributed by atoms with Crippen LogP contribution in [0.3, 0.4) is 0 Å². The van der Waals surface area contributed by atoms with Gasteiger partial charge in [-0.3, -0.25) is 24.4 Å². The number of anilines is 1. The zero-order valence-corrected chi connectivity index (χ0v) is 23.4. The summed E-state index contributed by atoms with van der Waals surface area (Å²) in [5.74, 6) is -0.502. The molecule has 3 N–H and O–H groups in total. The van der Waals surface area contributed by atoms with Gasteiger partial charge in [-0.25, -0.2) is 9.67 Å². The first-order valence-electron chi connectivity index (χ1n) is 13.4. The highest BCUT2D eigenvalue weighted by molar-refractivity contribution is 5.91. The van der Waals surface area contributed by atoms with E-state index >= 15 is 0 Å². The lowest BCUT2D eigenvalue weighted by molar-refractivity contribution is -0.385. The predicted octanol–water partition coefficient (Wildman–Crippen LogP) is 1.76. The minimum Gasteiger partial charge on any atom is -0.459 e. The maximum atomic E-state index is 13.7. The molecule has 0 fully saturated rings. The lowest BCUT2D eigenvalue weighted by atomic mass is 9.93. The van der Waals surface area contributed by atoms with Gasteiger partial charge in [0.15, 0.2) is 5.76 Å². The highest BCUT2D eigenvalue weighted by Gasteiger charge is 2.33. The topological polar surface area (TPSA) is 172 Å². The van der Waals surface area contributed by atoms with Crippen molar-refractivity contribution in [1.82, 2.24) is 19.7 Å². The van der Waals surface area contributed by atoms with Crippen LogP contribution in [-0.4, -0.2) is 76.1 Å². The van der Waals surface area contributed by atoms with Gasteiger partial charge >= 0.3 is 0 Å². The molecule has 14 nitrogen and oxygen atoms in total. The van der Waals surface area contributed by atoms with E-state index < -0.39 is 23.0 Å². The highest BCUT2D eigenvalue weighted by Crippen LogP contribution is 2.32. The number of rotatable bonds is 14. The number of benzene rings is 1. The van der Waals surface area contributed by atoms with Crippen LogP contribution in [0.15, 0.2) is 65.3 Å². The van der Waals surface area contributed by atoms with E-state index in [2.05, 4.69) is 15.6 Å². The Bertz CT molecular complexity index is 1450. The summed E-state index contributed by atoms with van der Waals surface area (Å²) in [7, 11) is 1.81. The zero-order valence-electron chi connectivity index (χ0n) is 23.4. The van der Waals surface area contributed by atoms with Crippen molar-refractivity contribution in [2.75, 3.05) is 44.8 Å². The van der Waals surface area contributed by atoms with Crippen LogP contribution in [0, 0.1) is 17.0 Å². The summed E-state index contributed by atoms with van der Waals surface area (Å²) >= 11 is 0. The maximum absolute atomic E-state index is 13.7. The van der Waals surface area contributed by atoms with E-state index in [4.69, 9.17) is 19.3 Å². The molecule has 0 aliphatic carbocycles. The Morgan fingerprint density at radius 1 is 1.19 bits per heavy atom. The Balaban J connectivity index is 1.48. The van der Waals surface area contributed by atoms with Crippen LogP contribution in [0.4, 0.5) is 11.5 Å². The molecule has 4 rings (SSSR count). The average molecular weight is 583 g/mol. The summed E-state index contributed by atoms with van der Waals surface area (Å²) in [6.07, 6.45) is 2.28. The summed E-state index contributed by atoms with van der Waals surface area (Å²) in [6, 6.07) is 12.1. The molecule has 14 heteroatoms. The number of carbonyl (C=O) groups is 1. The van der Waals surface area contributed by atoms with E-state index in [1.54, 1.807) is 15.4 Å². The van der Waals surface area contributed by atoms with Gasteiger partial charge in [0.2, 0.25) is 6.29 Å². The van der Waals surface area contributed by atoms with E-state index in [-0.39, 0.29) is 50.0 Å². The molecule has 0 saturated carbocycles. The molecule has 224 valence electrons. The molecule has 3 heterocycles. The Morgan fingerprint density at radius 3 is 2.67 bits per heavy atom. The number of pyridine rings is 1. The fourth-order valence-electron chi connectivity index (χ4n) is 4.59. The molecule has 1 amide bonds. The van der Waals surface area contributed by atoms with Crippen molar-refractivity contribution in [3.05, 3.63) is 92.2 Å². The summed E-state index contributed by atoms with van der Waals surface area (Å²) in [6.45, 7) is 2.82. The third-order valence-corrected chi connectivity index (χ3v) is 6.69. The first-order valence-corrected chi connectivity index (χ1v) is 13.4. The standard InChI is InChI=1S/C28H34N6O8/c1-19-26(28(37)33(32(19)2)21-6-4-3-5-7-21)20-16-23(42-25(17-20)41-15-14-40-13-12-35)27(36)30-11-10-29-24-9-8-22(18-31-24)34(38)39/h3-9,16,18,20,25,35H,10-15,17H2,1-2H3,(H,29,31)(H,30,36). The van der Waals surface area contributed by atoms with Crippen molar-refractivity contribution in [2.24, 2.45) is 7.05 Å². The molecule has 1 aliphatic heterocycles. The normalized spacial score (nSPS) is 16.4.